The average molecular weight is 170 g/mol. The van der Waals surface area contributed by atoms with Gasteiger partial charge in [-0.15, -0.1) is 0 Å². The van der Waals surface area contributed by atoms with Crippen molar-refractivity contribution in [1.82, 2.24) is 4.90 Å². The molecule has 0 bridgehead atoms. The van der Waals surface area contributed by atoms with Gasteiger partial charge in [-0.05, 0) is 33.7 Å². The fourth-order valence-electron chi connectivity index (χ4n) is 2.03. The van der Waals surface area contributed by atoms with E-state index in [4.69, 9.17) is 5.73 Å². The fourth-order valence-corrected chi connectivity index (χ4v) is 2.03. The molecule has 1 fully saturated rings. The Labute approximate surface area is 76.1 Å². The average Bonchev–Trinajstić information content (AvgIpc) is 2.04. The van der Waals surface area contributed by atoms with E-state index < -0.39 is 0 Å². The van der Waals surface area contributed by atoms with Gasteiger partial charge in [-0.3, -0.25) is 4.90 Å². The van der Waals surface area contributed by atoms with Crippen molar-refractivity contribution in [2.24, 2.45) is 5.73 Å². The van der Waals surface area contributed by atoms with Crippen molar-refractivity contribution in [3.63, 3.8) is 0 Å². The van der Waals surface area contributed by atoms with Crippen molar-refractivity contribution in [3.8, 4) is 0 Å². The molecule has 0 aromatic rings. The van der Waals surface area contributed by atoms with E-state index >= 15 is 0 Å². The molecule has 2 atom stereocenters. The maximum absolute atomic E-state index is 6.08. The van der Waals surface area contributed by atoms with E-state index in [-0.39, 0.29) is 0 Å². The molecule has 2 N–H and O–H groups in total. The van der Waals surface area contributed by atoms with Crippen LogP contribution in [0.5, 0.6) is 0 Å². The van der Waals surface area contributed by atoms with Crippen molar-refractivity contribution >= 4 is 0 Å². The minimum atomic E-state index is 0.408. The van der Waals surface area contributed by atoms with Gasteiger partial charge in [0.15, 0.2) is 0 Å². The van der Waals surface area contributed by atoms with Crippen molar-refractivity contribution < 1.29 is 0 Å². The van der Waals surface area contributed by atoms with Gasteiger partial charge in [-0.25, -0.2) is 0 Å². The summed E-state index contributed by atoms with van der Waals surface area (Å²) in [6, 6.07) is 1.66. The fraction of sp³-hybridized carbons (Fsp3) is 1.00. The number of hydrogen-bond donors (Lipinski definition) is 1. The SMILES string of the molecule is CC(C)N(C)[C@@H]1CCCC[C@H]1N. The highest BCUT2D eigenvalue weighted by Crippen LogP contribution is 2.21. The predicted octanol–water partition coefficient (Wildman–Crippen LogP) is 1.60. The van der Waals surface area contributed by atoms with Gasteiger partial charge in [0, 0.05) is 18.1 Å². The molecule has 0 heterocycles. The summed E-state index contributed by atoms with van der Waals surface area (Å²) in [5.41, 5.74) is 6.08. The van der Waals surface area contributed by atoms with E-state index in [1.807, 2.05) is 0 Å². The molecule has 1 rings (SSSR count). The van der Waals surface area contributed by atoms with Crippen LogP contribution < -0.4 is 5.73 Å². The minimum Gasteiger partial charge on any atom is -0.326 e. The standard InChI is InChI=1S/C10H22N2/c1-8(2)12(3)10-7-5-4-6-9(10)11/h8-10H,4-7,11H2,1-3H3/t9-,10-/m1/s1. The van der Waals surface area contributed by atoms with Crippen molar-refractivity contribution in [3.05, 3.63) is 0 Å². The first kappa shape index (κ1) is 10.0. The van der Waals surface area contributed by atoms with E-state index in [1.165, 1.54) is 25.7 Å². The summed E-state index contributed by atoms with van der Waals surface area (Å²) in [6.45, 7) is 4.47. The Balaban J connectivity index is 2.47. The van der Waals surface area contributed by atoms with Gasteiger partial charge in [0.1, 0.15) is 0 Å². The highest BCUT2D eigenvalue weighted by Gasteiger charge is 2.26. The highest BCUT2D eigenvalue weighted by molar-refractivity contribution is 4.85. The Morgan fingerprint density at radius 3 is 2.33 bits per heavy atom. The first-order valence-corrected chi connectivity index (χ1v) is 5.10. The maximum atomic E-state index is 6.08. The van der Waals surface area contributed by atoms with Crippen LogP contribution in [0.2, 0.25) is 0 Å². The molecule has 12 heavy (non-hydrogen) atoms. The van der Waals surface area contributed by atoms with Crippen LogP contribution >= 0.6 is 0 Å². The molecule has 0 aliphatic heterocycles. The number of likely N-dealkylation sites (N-methyl/N-ethyl adjacent to an activating group) is 1. The number of rotatable bonds is 2. The molecule has 2 nitrogen and oxygen atoms in total. The molecule has 1 aliphatic rings. The van der Waals surface area contributed by atoms with Crippen molar-refractivity contribution in [2.75, 3.05) is 7.05 Å². The van der Waals surface area contributed by atoms with E-state index in [1.54, 1.807) is 0 Å². The summed E-state index contributed by atoms with van der Waals surface area (Å²) < 4.78 is 0. The lowest BCUT2D eigenvalue weighted by atomic mass is 9.89. The Bertz CT molecular complexity index is 134. The second-order valence-electron chi connectivity index (χ2n) is 4.27. The van der Waals surface area contributed by atoms with Crippen LogP contribution in [-0.2, 0) is 0 Å². The summed E-state index contributed by atoms with van der Waals surface area (Å²) in [4.78, 5) is 2.42. The van der Waals surface area contributed by atoms with Crippen LogP contribution in [0.4, 0.5) is 0 Å². The topological polar surface area (TPSA) is 29.3 Å². The summed E-state index contributed by atoms with van der Waals surface area (Å²) in [5, 5.41) is 0. The van der Waals surface area contributed by atoms with E-state index in [2.05, 4.69) is 25.8 Å². The third-order valence-electron chi connectivity index (χ3n) is 3.12. The Morgan fingerprint density at radius 2 is 1.83 bits per heavy atom. The number of nitrogens with two attached hydrogens (primary N) is 1. The van der Waals surface area contributed by atoms with Crippen LogP contribution in [0, 0.1) is 0 Å². The Kier molecular flexibility index (Phi) is 3.53. The predicted molar refractivity (Wildman–Crippen MR) is 53.1 cm³/mol. The van der Waals surface area contributed by atoms with Crippen LogP contribution in [0.1, 0.15) is 39.5 Å². The molecule has 2 heteroatoms. The first-order valence-electron chi connectivity index (χ1n) is 5.10. The third kappa shape index (κ3) is 2.20. The lowest BCUT2D eigenvalue weighted by Crippen LogP contribution is -2.50. The summed E-state index contributed by atoms with van der Waals surface area (Å²) in [5.74, 6) is 0. The zero-order chi connectivity index (χ0) is 9.14. The van der Waals surface area contributed by atoms with E-state index in [0.717, 1.165) is 0 Å². The lowest BCUT2D eigenvalue weighted by molar-refractivity contribution is 0.136. The van der Waals surface area contributed by atoms with Gasteiger partial charge in [0.05, 0.1) is 0 Å². The van der Waals surface area contributed by atoms with Crippen molar-refractivity contribution in [2.45, 2.75) is 57.7 Å². The maximum Gasteiger partial charge on any atom is 0.0246 e. The second kappa shape index (κ2) is 4.24. The van der Waals surface area contributed by atoms with Gasteiger partial charge in [-0.2, -0.15) is 0 Å². The smallest absolute Gasteiger partial charge is 0.0246 e. The molecule has 72 valence electrons. The summed E-state index contributed by atoms with van der Waals surface area (Å²) in [6.07, 6.45) is 5.18. The molecule has 0 amide bonds. The summed E-state index contributed by atoms with van der Waals surface area (Å²) >= 11 is 0. The number of nitrogens with zero attached hydrogens (tertiary/aromatic N) is 1. The number of hydrogen-bond acceptors (Lipinski definition) is 2. The van der Waals surface area contributed by atoms with Gasteiger partial charge in [-0.1, -0.05) is 12.8 Å². The molecule has 0 spiro atoms. The highest BCUT2D eigenvalue weighted by atomic mass is 15.2. The second-order valence-corrected chi connectivity index (χ2v) is 4.27. The van der Waals surface area contributed by atoms with Gasteiger partial charge >= 0.3 is 0 Å². The molecular weight excluding hydrogens is 148 g/mol. The lowest BCUT2D eigenvalue weighted by Gasteiger charge is -2.38. The molecule has 0 aromatic heterocycles. The van der Waals surface area contributed by atoms with Gasteiger partial charge in [0.25, 0.3) is 0 Å². The van der Waals surface area contributed by atoms with E-state index in [0.29, 0.717) is 18.1 Å². The zero-order valence-electron chi connectivity index (χ0n) is 8.59. The quantitative estimate of drug-likeness (QED) is 0.682. The monoisotopic (exact) mass is 170 g/mol. The van der Waals surface area contributed by atoms with Gasteiger partial charge in [0.2, 0.25) is 0 Å². The molecule has 0 aromatic carbocycles. The zero-order valence-corrected chi connectivity index (χ0v) is 8.59. The van der Waals surface area contributed by atoms with Crippen LogP contribution in [0.15, 0.2) is 0 Å². The van der Waals surface area contributed by atoms with E-state index in [9.17, 15) is 0 Å². The molecule has 0 saturated heterocycles. The molecular formula is C10H22N2. The van der Waals surface area contributed by atoms with Crippen LogP contribution in [-0.4, -0.2) is 30.1 Å². The minimum absolute atomic E-state index is 0.408. The molecule has 0 unspecified atom stereocenters. The molecule has 0 radical (unpaired) electrons. The molecule has 1 saturated carbocycles. The third-order valence-corrected chi connectivity index (χ3v) is 3.12. The Hall–Kier alpha value is -0.0800. The van der Waals surface area contributed by atoms with Crippen LogP contribution in [0.3, 0.4) is 0 Å². The van der Waals surface area contributed by atoms with Gasteiger partial charge < -0.3 is 5.73 Å². The van der Waals surface area contributed by atoms with Crippen LogP contribution in [0.25, 0.3) is 0 Å². The van der Waals surface area contributed by atoms with Crippen molar-refractivity contribution in [1.29, 1.82) is 0 Å². The normalized spacial score (nSPS) is 31.5. The largest absolute Gasteiger partial charge is 0.326 e. The first-order chi connectivity index (χ1) is 5.63. The summed E-state index contributed by atoms with van der Waals surface area (Å²) in [7, 11) is 2.19. The Morgan fingerprint density at radius 1 is 1.25 bits per heavy atom. The molecule has 1 aliphatic carbocycles.